The Bertz CT molecular complexity index is 1280. The molecule has 0 saturated carbocycles. The summed E-state index contributed by atoms with van der Waals surface area (Å²) in [6.07, 6.45) is 1.62. The normalized spacial score (nSPS) is 11.6. The van der Waals surface area contributed by atoms with E-state index < -0.39 is 11.9 Å². The summed E-state index contributed by atoms with van der Waals surface area (Å²) in [6, 6.07) is 17.4. The number of hydrazone groups is 1. The van der Waals surface area contributed by atoms with Crippen molar-refractivity contribution >= 4 is 45.6 Å². The molecule has 10 heteroatoms. The van der Waals surface area contributed by atoms with Crippen LogP contribution in [0.5, 0.6) is 17.2 Å². The zero-order chi connectivity index (χ0) is 27.5. The van der Waals surface area contributed by atoms with E-state index in [-0.39, 0.29) is 18.9 Å². The van der Waals surface area contributed by atoms with E-state index in [1.807, 2.05) is 25.1 Å². The number of ether oxygens (including phenoxy) is 3. The smallest absolute Gasteiger partial charge is 0.262 e. The van der Waals surface area contributed by atoms with Gasteiger partial charge < -0.3 is 19.5 Å². The molecule has 200 valence electrons. The number of halogens is 2. The Hall–Kier alpha value is -3.56. The summed E-state index contributed by atoms with van der Waals surface area (Å²) < 4.78 is 17.5. The van der Waals surface area contributed by atoms with E-state index in [2.05, 4.69) is 31.8 Å². The first-order valence-corrected chi connectivity index (χ1v) is 13.1. The first-order chi connectivity index (χ1) is 18.3. The lowest BCUT2D eigenvalue weighted by atomic mass is 10.1. The molecule has 0 aliphatic carbocycles. The highest BCUT2D eigenvalue weighted by Crippen LogP contribution is 2.37. The maximum Gasteiger partial charge on any atom is 0.262 e. The highest BCUT2D eigenvalue weighted by Gasteiger charge is 2.16. The van der Waals surface area contributed by atoms with Gasteiger partial charge in [-0.1, -0.05) is 41.9 Å². The van der Waals surface area contributed by atoms with Crippen molar-refractivity contribution in [3.63, 3.8) is 0 Å². The van der Waals surface area contributed by atoms with E-state index in [0.717, 1.165) is 11.1 Å². The Labute approximate surface area is 235 Å². The molecular weight excluding hydrogens is 574 g/mol. The molecule has 0 radical (unpaired) electrons. The van der Waals surface area contributed by atoms with Gasteiger partial charge in [-0.2, -0.15) is 5.10 Å². The summed E-state index contributed by atoms with van der Waals surface area (Å²) in [4.78, 5) is 24.7. The van der Waals surface area contributed by atoms with Crippen molar-refractivity contribution in [1.29, 1.82) is 0 Å². The van der Waals surface area contributed by atoms with Gasteiger partial charge in [0, 0.05) is 10.6 Å². The molecule has 8 nitrogen and oxygen atoms in total. The van der Waals surface area contributed by atoms with Gasteiger partial charge in [-0.05, 0) is 71.2 Å². The number of hydrogen-bond acceptors (Lipinski definition) is 6. The van der Waals surface area contributed by atoms with E-state index in [1.54, 1.807) is 56.5 Å². The van der Waals surface area contributed by atoms with Crippen molar-refractivity contribution in [3.05, 3.63) is 86.8 Å². The van der Waals surface area contributed by atoms with Crippen LogP contribution in [0.25, 0.3) is 0 Å². The molecule has 1 unspecified atom stereocenters. The second-order valence-corrected chi connectivity index (χ2v) is 9.45. The van der Waals surface area contributed by atoms with Crippen LogP contribution in [0.15, 0.2) is 70.2 Å². The van der Waals surface area contributed by atoms with Gasteiger partial charge in [0.05, 0.1) is 30.8 Å². The predicted molar refractivity (Wildman–Crippen MR) is 151 cm³/mol. The summed E-state index contributed by atoms with van der Waals surface area (Å²) in [7, 11) is 1.58. The minimum Gasteiger partial charge on any atom is -0.497 e. The summed E-state index contributed by atoms with van der Waals surface area (Å²) in [5.41, 5.74) is 4.78. The van der Waals surface area contributed by atoms with Gasteiger partial charge in [-0.25, -0.2) is 5.43 Å². The van der Waals surface area contributed by atoms with Crippen LogP contribution in [0.3, 0.4) is 0 Å². The molecule has 0 aromatic heterocycles. The van der Waals surface area contributed by atoms with Crippen LogP contribution >= 0.6 is 27.5 Å². The van der Waals surface area contributed by atoms with Crippen molar-refractivity contribution in [2.24, 2.45) is 5.10 Å². The fraction of sp³-hybridized carbons (Fsp3) is 0.250. The van der Waals surface area contributed by atoms with E-state index in [1.165, 1.54) is 6.21 Å². The topological polar surface area (TPSA) is 98.2 Å². The lowest BCUT2D eigenvalue weighted by molar-refractivity contribution is -0.128. The summed E-state index contributed by atoms with van der Waals surface area (Å²) in [5, 5.41) is 7.31. The standard InChI is InChI=1S/C28H29BrClN3O5/c1-4-37-25-14-20(13-23(29)27(25)38-17-21-7-5-6-8-24(21)30)16-31-33-28(35)18(2)32-26(34)15-19-9-11-22(36-3)12-10-19/h5-14,16,18H,4,15,17H2,1-3H3,(H,32,34)(H,33,35). The molecule has 3 aromatic rings. The lowest BCUT2D eigenvalue weighted by Gasteiger charge is -2.15. The fourth-order valence-electron chi connectivity index (χ4n) is 3.38. The number of carbonyl (C=O) groups is 2. The van der Waals surface area contributed by atoms with Crippen LogP contribution in [-0.4, -0.2) is 37.8 Å². The maximum absolute atomic E-state index is 12.4. The second-order valence-electron chi connectivity index (χ2n) is 8.19. The van der Waals surface area contributed by atoms with Crippen molar-refractivity contribution in [2.75, 3.05) is 13.7 Å². The van der Waals surface area contributed by atoms with Crippen LogP contribution < -0.4 is 25.0 Å². The third-order valence-corrected chi connectivity index (χ3v) is 6.30. The van der Waals surface area contributed by atoms with Crippen molar-refractivity contribution in [1.82, 2.24) is 10.7 Å². The Kier molecular flexibility index (Phi) is 11.0. The Balaban J connectivity index is 1.57. The highest BCUT2D eigenvalue weighted by molar-refractivity contribution is 9.10. The second kappa shape index (κ2) is 14.4. The average Bonchev–Trinajstić information content (AvgIpc) is 2.89. The third-order valence-electron chi connectivity index (χ3n) is 5.34. The molecule has 38 heavy (non-hydrogen) atoms. The molecule has 2 amide bonds. The molecule has 0 saturated heterocycles. The molecule has 0 spiro atoms. The average molecular weight is 603 g/mol. The summed E-state index contributed by atoms with van der Waals surface area (Å²) in [6.45, 7) is 4.16. The quantitative estimate of drug-likeness (QED) is 0.217. The fourth-order valence-corrected chi connectivity index (χ4v) is 4.15. The number of nitrogens with zero attached hydrogens (tertiary/aromatic N) is 1. The SMILES string of the molecule is CCOc1cc(C=NNC(=O)C(C)NC(=O)Cc2ccc(OC)cc2)cc(Br)c1OCc1ccccc1Cl. The molecule has 2 N–H and O–H groups in total. The zero-order valence-corrected chi connectivity index (χ0v) is 23.6. The van der Waals surface area contributed by atoms with Crippen molar-refractivity contribution in [3.8, 4) is 17.2 Å². The molecule has 3 rings (SSSR count). The summed E-state index contributed by atoms with van der Waals surface area (Å²) in [5.74, 6) is 1.02. The number of carbonyl (C=O) groups excluding carboxylic acids is 2. The molecule has 0 heterocycles. The van der Waals surface area contributed by atoms with Gasteiger partial charge in [-0.15, -0.1) is 0 Å². The van der Waals surface area contributed by atoms with Gasteiger partial charge in [0.2, 0.25) is 5.91 Å². The van der Waals surface area contributed by atoms with Crippen LogP contribution in [0.2, 0.25) is 5.02 Å². The maximum atomic E-state index is 12.4. The monoisotopic (exact) mass is 601 g/mol. The molecule has 1 atom stereocenters. The van der Waals surface area contributed by atoms with E-state index in [9.17, 15) is 9.59 Å². The van der Waals surface area contributed by atoms with Gasteiger partial charge in [0.15, 0.2) is 11.5 Å². The Morgan fingerprint density at radius 3 is 2.53 bits per heavy atom. The van der Waals surface area contributed by atoms with Crippen LogP contribution in [0, 0.1) is 0 Å². The molecule has 0 aliphatic rings. The highest BCUT2D eigenvalue weighted by atomic mass is 79.9. The number of nitrogens with one attached hydrogen (secondary N) is 2. The zero-order valence-electron chi connectivity index (χ0n) is 21.3. The lowest BCUT2D eigenvalue weighted by Crippen LogP contribution is -2.43. The summed E-state index contributed by atoms with van der Waals surface area (Å²) >= 11 is 9.76. The van der Waals surface area contributed by atoms with E-state index >= 15 is 0 Å². The van der Waals surface area contributed by atoms with E-state index in [0.29, 0.717) is 38.9 Å². The predicted octanol–water partition coefficient (Wildman–Crippen LogP) is 5.29. The van der Waals surface area contributed by atoms with E-state index in [4.69, 9.17) is 25.8 Å². The third kappa shape index (κ3) is 8.49. The molecule has 0 bridgehead atoms. The number of benzene rings is 3. The van der Waals surface area contributed by atoms with Gasteiger partial charge in [0.25, 0.3) is 5.91 Å². The number of amides is 2. The molecular formula is C28H29BrClN3O5. The minimum atomic E-state index is -0.774. The van der Waals surface area contributed by atoms with Gasteiger partial charge in [0.1, 0.15) is 18.4 Å². The molecule has 3 aromatic carbocycles. The Morgan fingerprint density at radius 1 is 1.11 bits per heavy atom. The van der Waals surface area contributed by atoms with Crippen molar-refractivity contribution in [2.45, 2.75) is 32.9 Å². The van der Waals surface area contributed by atoms with Crippen LogP contribution in [0.4, 0.5) is 0 Å². The van der Waals surface area contributed by atoms with Gasteiger partial charge >= 0.3 is 0 Å². The minimum absolute atomic E-state index is 0.143. The van der Waals surface area contributed by atoms with Crippen molar-refractivity contribution < 1.29 is 23.8 Å². The van der Waals surface area contributed by atoms with Crippen LogP contribution in [-0.2, 0) is 22.6 Å². The first kappa shape index (κ1) is 29.0. The van der Waals surface area contributed by atoms with Crippen LogP contribution in [0.1, 0.15) is 30.5 Å². The largest absolute Gasteiger partial charge is 0.497 e. The Morgan fingerprint density at radius 2 is 1.84 bits per heavy atom. The number of hydrogen-bond donors (Lipinski definition) is 2. The molecule has 0 fully saturated rings. The number of rotatable bonds is 12. The first-order valence-electron chi connectivity index (χ1n) is 11.9. The van der Waals surface area contributed by atoms with Gasteiger partial charge in [-0.3, -0.25) is 9.59 Å². The number of methoxy groups -OCH3 is 1. The molecule has 0 aliphatic heterocycles.